The van der Waals surface area contributed by atoms with Crippen molar-refractivity contribution in [3.8, 4) is 0 Å². The molecular weight excluding hydrogens is 338 g/mol. The smallest absolute Gasteiger partial charge is 0.274 e. The molecule has 6 nitrogen and oxygen atoms in total. The van der Waals surface area contributed by atoms with Gasteiger partial charge in [0.15, 0.2) is 0 Å². The highest BCUT2D eigenvalue weighted by Gasteiger charge is 2.22. The minimum atomic E-state index is -0.223. The Morgan fingerprint density at radius 2 is 1.93 bits per heavy atom. The number of anilines is 2. The van der Waals surface area contributed by atoms with Crippen molar-refractivity contribution in [1.82, 2.24) is 9.97 Å². The number of benzene rings is 1. The fraction of sp³-hybridized carbons (Fsp3) is 0.476. The Morgan fingerprint density at radius 1 is 1.19 bits per heavy atom. The van der Waals surface area contributed by atoms with Crippen molar-refractivity contribution in [2.24, 2.45) is 5.73 Å². The van der Waals surface area contributed by atoms with Gasteiger partial charge in [0.2, 0.25) is 0 Å². The molecule has 1 heterocycles. The molecule has 27 heavy (non-hydrogen) atoms. The zero-order valence-corrected chi connectivity index (χ0v) is 16.0. The van der Waals surface area contributed by atoms with Crippen molar-refractivity contribution in [2.45, 2.75) is 58.0 Å². The van der Waals surface area contributed by atoms with Gasteiger partial charge in [0.25, 0.3) is 5.91 Å². The van der Waals surface area contributed by atoms with E-state index in [2.05, 4.69) is 27.1 Å². The molecule has 144 valence electrons. The van der Waals surface area contributed by atoms with Crippen molar-refractivity contribution in [1.29, 1.82) is 0 Å². The predicted octanol–water partition coefficient (Wildman–Crippen LogP) is 3.74. The number of carbonyl (C=O) groups is 1. The van der Waals surface area contributed by atoms with Crippen LogP contribution < -0.4 is 16.0 Å². The van der Waals surface area contributed by atoms with Crippen LogP contribution in [-0.4, -0.2) is 28.5 Å². The first-order valence-electron chi connectivity index (χ1n) is 9.90. The van der Waals surface area contributed by atoms with Gasteiger partial charge in [-0.25, -0.2) is 9.97 Å². The molecule has 3 N–H and O–H groups in total. The Balaban J connectivity index is 1.75. The number of nitrogens with zero attached hydrogens (tertiary/aromatic N) is 3. The summed E-state index contributed by atoms with van der Waals surface area (Å²) in [6.45, 7) is 3.61. The summed E-state index contributed by atoms with van der Waals surface area (Å²) in [6, 6.07) is 9.85. The topological polar surface area (TPSA) is 84.1 Å². The Bertz CT molecular complexity index is 740. The van der Waals surface area contributed by atoms with Crippen LogP contribution in [0.1, 0.15) is 61.5 Å². The summed E-state index contributed by atoms with van der Waals surface area (Å²) in [4.78, 5) is 23.6. The fourth-order valence-electron chi connectivity index (χ4n) is 3.67. The molecule has 0 radical (unpaired) electrons. The molecule has 0 unspecified atom stereocenters. The molecule has 1 aromatic heterocycles. The maximum atomic E-state index is 12.6. The molecule has 1 fully saturated rings. The van der Waals surface area contributed by atoms with Gasteiger partial charge in [-0.1, -0.05) is 38.3 Å². The molecule has 0 aliphatic heterocycles. The molecule has 0 saturated heterocycles. The minimum absolute atomic E-state index is 0.223. The number of amides is 1. The summed E-state index contributed by atoms with van der Waals surface area (Å²) < 4.78 is 0. The first-order valence-corrected chi connectivity index (χ1v) is 9.90. The summed E-state index contributed by atoms with van der Waals surface area (Å²) in [5.41, 5.74) is 7.76. The molecule has 0 bridgehead atoms. The lowest BCUT2D eigenvalue weighted by Crippen LogP contribution is -2.38. The SMILES string of the molecule is CCCN(c1cc(C(=O)Nc2ccc(CN)cc2)ncn1)C1CCCCC1. The third-order valence-corrected chi connectivity index (χ3v) is 5.11. The zero-order valence-electron chi connectivity index (χ0n) is 16.0. The minimum Gasteiger partial charge on any atom is -0.354 e. The lowest BCUT2D eigenvalue weighted by atomic mass is 9.94. The Labute approximate surface area is 161 Å². The average molecular weight is 367 g/mol. The van der Waals surface area contributed by atoms with E-state index in [4.69, 9.17) is 5.73 Å². The molecule has 1 aliphatic carbocycles. The molecular formula is C21H29N5O. The van der Waals surface area contributed by atoms with Crippen LogP contribution in [0.25, 0.3) is 0 Å². The molecule has 0 atom stereocenters. The molecule has 1 aromatic carbocycles. The number of carbonyl (C=O) groups excluding carboxylic acids is 1. The van der Waals surface area contributed by atoms with Gasteiger partial charge in [-0.05, 0) is 37.0 Å². The highest BCUT2D eigenvalue weighted by molar-refractivity contribution is 6.03. The summed E-state index contributed by atoms with van der Waals surface area (Å²) in [5.74, 6) is 0.627. The predicted molar refractivity (Wildman–Crippen MR) is 109 cm³/mol. The van der Waals surface area contributed by atoms with Gasteiger partial charge in [-0.3, -0.25) is 4.79 Å². The van der Waals surface area contributed by atoms with E-state index in [9.17, 15) is 4.79 Å². The Kier molecular flexibility index (Phi) is 6.76. The number of hydrogen-bond donors (Lipinski definition) is 2. The highest BCUT2D eigenvalue weighted by atomic mass is 16.1. The van der Waals surface area contributed by atoms with Crippen molar-refractivity contribution >= 4 is 17.4 Å². The quantitative estimate of drug-likeness (QED) is 0.779. The molecule has 1 saturated carbocycles. The van der Waals surface area contributed by atoms with Gasteiger partial charge in [0.1, 0.15) is 17.8 Å². The second-order valence-electron chi connectivity index (χ2n) is 7.10. The molecule has 0 spiro atoms. The largest absolute Gasteiger partial charge is 0.354 e. The number of nitrogens with two attached hydrogens (primary N) is 1. The second kappa shape index (κ2) is 9.46. The van der Waals surface area contributed by atoms with Crippen LogP contribution in [0.3, 0.4) is 0 Å². The van der Waals surface area contributed by atoms with Gasteiger partial charge in [0.05, 0.1) is 0 Å². The molecule has 3 rings (SSSR count). The van der Waals surface area contributed by atoms with Crippen LogP contribution in [0.5, 0.6) is 0 Å². The molecule has 2 aromatic rings. The van der Waals surface area contributed by atoms with Gasteiger partial charge in [0, 0.05) is 30.9 Å². The first-order chi connectivity index (χ1) is 13.2. The van der Waals surface area contributed by atoms with Crippen LogP contribution in [0.2, 0.25) is 0 Å². The van der Waals surface area contributed by atoms with Crippen LogP contribution in [0.15, 0.2) is 36.7 Å². The Morgan fingerprint density at radius 3 is 2.59 bits per heavy atom. The second-order valence-corrected chi connectivity index (χ2v) is 7.10. The van der Waals surface area contributed by atoms with E-state index in [1.807, 2.05) is 30.3 Å². The van der Waals surface area contributed by atoms with E-state index in [0.29, 0.717) is 18.3 Å². The van der Waals surface area contributed by atoms with Crippen LogP contribution >= 0.6 is 0 Å². The third kappa shape index (κ3) is 5.04. The molecule has 1 amide bonds. The van der Waals surface area contributed by atoms with E-state index < -0.39 is 0 Å². The number of nitrogens with one attached hydrogen (secondary N) is 1. The fourth-order valence-corrected chi connectivity index (χ4v) is 3.67. The van der Waals surface area contributed by atoms with E-state index in [1.165, 1.54) is 38.4 Å². The highest BCUT2D eigenvalue weighted by Crippen LogP contribution is 2.26. The van der Waals surface area contributed by atoms with Crippen molar-refractivity contribution in [3.05, 3.63) is 47.9 Å². The lowest BCUT2D eigenvalue weighted by molar-refractivity contribution is 0.102. The summed E-state index contributed by atoms with van der Waals surface area (Å²) in [7, 11) is 0. The maximum absolute atomic E-state index is 12.6. The maximum Gasteiger partial charge on any atom is 0.274 e. The van der Waals surface area contributed by atoms with Gasteiger partial charge >= 0.3 is 0 Å². The van der Waals surface area contributed by atoms with Gasteiger partial charge in [-0.2, -0.15) is 0 Å². The van der Waals surface area contributed by atoms with Crippen molar-refractivity contribution in [2.75, 3.05) is 16.8 Å². The monoisotopic (exact) mass is 367 g/mol. The Hall–Kier alpha value is -2.47. The summed E-state index contributed by atoms with van der Waals surface area (Å²) in [6.07, 6.45) is 8.78. The average Bonchev–Trinajstić information content (AvgIpc) is 2.73. The van der Waals surface area contributed by atoms with Gasteiger partial charge in [-0.15, -0.1) is 0 Å². The third-order valence-electron chi connectivity index (χ3n) is 5.11. The normalized spacial score (nSPS) is 14.7. The number of hydrogen-bond acceptors (Lipinski definition) is 5. The van der Waals surface area contributed by atoms with E-state index in [0.717, 1.165) is 30.0 Å². The van der Waals surface area contributed by atoms with Crippen LogP contribution in [0.4, 0.5) is 11.5 Å². The summed E-state index contributed by atoms with van der Waals surface area (Å²) in [5, 5.41) is 2.90. The lowest BCUT2D eigenvalue weighted by Gasteiger charge is -2.35. The van der Waals surface area contributed by atoms with Crippen molar-refractivity contribution < 1.29 is 4.79 Å². The first kappa shape index (κ1) is 19.3. The zero-order chi connectivity index (χ0) is 19.1. The standard InChI is InChI=1S/C21H29N5O/c1-2-12-26(18-6-4-3-5-7-18)20-13-19(23-15-24-20)21(27)25-17-10-8-16(14-22)9-11-17/h8-11,13,15,18H,2-7,12,14,22H2,1H3,(H,25,27). The molecule has 6 heteroatoms. The van der Waals surface area contributed by atoms with E-state index >= 15 is 0 Å². The van der Waals surface area contributed by atoms with Crippen LogP contribution in [-0.2, 0) is 6.54 Å². The van der Waals surface area contributed by atoms with E-state index in [1.54, 1.807) is 0 Å². The van der Waals surface area contributed by atoms with Crippen LogP contribution in [0, 0.1) is 0 Å². The summed E-state index contributed by atoms with van der Waals surface area (Å²) >= 11 is 0. The van der Waals surface area contributed by atoms with Crippen molar-refractivity contribution in [3.63, 3.8) is 0 Å². The number of rotatable bonds is 7. The van der Waals surface area contributed by atoms with Gasteiger partial charge < -0.3 is 16.0 Å². The van der Waals surface area contributed by atoms with E-state index in [-0.39, 0.29) is 5.91 Å². The number of aromatic nitrogens is 2. The molecule has 1 aliphatic rings.